The predicted octanol–water partition coefficient (Wildman–Crippen LogP) is 8.09. The van der Waals surface area contributed by atoms with Crippen LogP contribution in [0, 0.1) is 11.8 Å². The van der Waals surface area contributed by atoms with Gasteiger partial charge in [-0.05, 0) is 44.4 Å². The maximum atomic E-state index is 11.8. The Hall–Kier alpha value is -0.830. The van der Waals surface area contributed by atoms with Gasteiger partial charge in [-0.1, -0.05) is 116 Å². The molecule has 0 radical (unpaired) electrons. The number of hydrogen-bond acceptors (Lipinski definition) is 2. The highest BCUT2D eigenvalue weighted by molar-refractivity contribution is 5.76. The van der Waals surface area contributed by atoms with Gasteiger partial charge in [-0.15, -0.1) is 0 Å². The molecule has 2 unspecified atom stereocenters. The van der Waals surface area contributed by atoms with Gasteiger partial charge in [-0.2, -0.15) is 0 Å². The monoisotopic (exact) mass is 437 g/mol. The maximum absolute atomic E-state index is 11.8. The summed E-state index contributed by atoms with van der Waals surface area (Å²) in [6.07, 6.45) is 29.7. The van der Waals surface area contributed by atoms with Crippen molar-refractivity contribution in [1.29, 1.82) is 0 Å². The van der Waals surface area contributed by atoms with E-state index in [-0.39, 0.29) is 24.3 Å². The second kappa shape index (κ2) is 23.8. The molecular weight excluding hydrogens is 382 g/mol. The van der Waals surface area contributed by atoms with Crippen LogP contribution in [-0.4, -0.2) is 17.6 Å². The second-order valence-corrected chi connectivity index (χ2v) is 9.53. The fraction of sp³-hybridized carbons (Fsp3) is 0.893. The molecular formula is C28H55NO2. The zero-order valence-corrected chi connectivity index (χ0v) is 21.1. The zero-order chi connectivity index (χ0) is 23.0. The van der Waals surface area contributed by atoms with Crippen LogP contribution in [0.5, 0.6) is 0 Å². The van der Waals surface area contributed by atoms with E-state index in [0.717, 1.165) is 32.1 Å². The highest BCUT2D eigenvalue weighted by Gasteiger charge is 2.24. The molecule has 0 rings (SSSR count). The third-order valence-corrected chi connectivity index (χ3v) is 6.62. The molecule has 0 fully saturated rings. The van der Waals surface area contributed by atoms with E-state index < -0.39 is 0 Å². The standard InChI is InChI=1S/C28H55NO2/c1-3-5-7-8-9-10-11-12-13-14-15-16-17-18-19-20-21-22-24-27(28(29)31)26(25-30)23-6-4-2/h12-13,26-27,30H,3-11,14-25H2,1-2H3,(H2,29,31)/b13-12+. The summed E-state index contributed by atoms with van der Waals surface area (Å²) in [5, 5.41) is 9.61. The molecule has 0 saturated carbocycles. The fourth-order valence-corrected chi connectivity index (χ4v) is 4.46. The SMILES string of the molecule is CCCCCCCC/C=C/CCCCCCCCCCC(C(N)=O)C(CO)CCCC. The maximum Gasteiger partial charge on any atom is 0.220 e. The van der Waals surface area contributed by atoms with Crippen LogP contribution in [0.1, 0.15) is 142 Å². The molecule has 0 aromatic heterocycles. The van der Waals surface area contributed by atoms with E-state index in [0.29, 0.717) is 0 Å². The third kappa shape index (κ3) is 19.6. The van der Waals surface area contributed by atoms with Gasteiger partial charge in [-0.25, -0.2) is 0 Å². The Labute approximate surface area is 194 Å². The van der Waals surface area contributed by atoms with Gasteiger partial charge < -0.3 is 10.8 Å². The molecule has 31 heavy (non-hydrogen) atoms. The summed E-state index contributed by atoms with van der Waals surface area (Å²) in [7, 11) is 0. The molecule has 3 heteroatoms. The average molecular weight is 438 g/mol. The highest BCUT2D eigenvalue weighted by atomic mass is 16.3. The van der Waals surface area contributed by atoms with E-state index in [1.165, 1.54) is 96.3 Å². The summed E-state index contributed by atoms with van der Waals surface area (Å²) in [5.41, 5.74) is 5.61. The Kier molecular flexibility index (Phi) is 23.2. The molecule has 0 heterocycles. The van der Waals surface area contributed by atoms with E-state index in [4.69, 9.17) is 5.73 Å². The third-order valence-electron chi connectivity index (χ3n) is 6.62. The van der Waals surface area contributed by atoms with Crippen LogP contribution in [0.25, 0.3) is 0 Å². The molecule has 1 amide bonds. The molecule has 0 aromatic carbocycles. The smallest absolute Gasteiger partial charge is 0.220 e. The molecule has 0 saturated heterocycles. The fourth-order valence-electron chi connectivity index (χ4n) is 4.46. The first kappa shape index (κ1) is 30.2. The quantitative estimate of drug-likeness (QED) is 0.118. The lowest BCUT2D eigenvalue weighted by molar-refractivity contribution is -0.124. The van der Waals surface area contributed by atoms with Gasteiger partial charge in [0.05, 0.1) is 0 Å². The van der Waals surface area contributed by atoms with Crippen LogP contribution >= 0.6 is 0 Å². The van der Waals surface area contributed by atoms with Crippen LogP contribution in [0.15, 0.2) is 12.2 Å². The van der Waals surface area contributed by atoms with Gasteiger partial charge in [0.15, 0.2) is 0 Å². The summed E-state index contributed by atoms with van der Waals surface area (Å²) in [5.74, 6) is -0.320. The van der Waals surface area contributed by atoms with Gasteiger partial charge in [-0.3, -0.25) is 4.79 Å². The minimum atomic E-state index is -0.226. The van der Waals surface area contributed by atoms with Crippen molar-refractivity contribution in [3.8, 4) is 0 Å². The van der Waals surface area contributed by atoms with E-state index >= 15 is 0 Å². The number of allylic oxidation sites excluding steroid dienone is 2. The van der Waals surface area contributed by atoms with Crippen molar-refractivity contribution in [1.82, 2.24) is 0 Å². The highest BCUT2D eigenvalue weighted by Crippen LogP contribution is 2.24. The first-order valence-corrected chi connectivity index (χ1v) is 13.7. The van der Waals surface area contributed by atoms with Crippen LogP contribution in [0.3, 0.4) is 0 Å². The Morgan fingerprint density at radius 1 is 0.677 bits per heavy atom. The lowest BCUT2D eigenvalue weighted by Gasteiger charge is -2.22. The number of unbranched alkanes of at least 4 members (excludes halogenated alkanes) is 15. The van der Waals surface area contributed by atoms with Gasteiger partial charge in [0, 0.05) is 12.5 Å². The summed E-state index contributed by atoms with van der Waals surface area (Å²) in [6, 6.07) is 0. The summed E-state index contributed by atoms with van der Waals surface area (Å²) < 4.78 is 0. The van der Waals surface area contributed by atoms with Crippen molar-refractivity contribution in [2.75, 3.05) is 6.61 Å². The Morgan fingerprint density at radius 2 is 1.13 bits per heavy atom. The molecule has 2 atom stereocenters. The van der Waals surface area contributed by atoms with Crippen molar-refractivity contribution in [3.63, 3.8) is 0 Å². The van der Waals surface area contributed by atoms with Crippen LogP contribution in [0.2, 0.25) is 0 Å². The molecule has 0 aliphatic carbocycles. The van der Waals surface area contributed by atoms with Crippen LogP contribution < -0.4 is 5.73 Å². The number of aliphatic hydroxyl groups is 1. The first-order valence-electron chi connectivity index (χ1n) is 13.7. The average Bonchev–Trinajstić information content (AvgIpc) is 2.76. The number of hydrogen-bond donors (Lipinski definition) is 2. The number of carbonyl (C=O) groups is 1. The van der Waals surface area contributed by atoms with Crippen molar-refractivity contribution in [2.24, 2.45) is 17.6 Å². The lowest BCUT2D eigenvalue weighted by atomic mass is 9.84. The molecule has 0 aliphatic heterocycles. The normalized spacial score (nSPS) is 13.6. The number of primary amides is 1. The summed E-state index contributed by atoms with van der Waals surface area (Å²) in [4.78, 5) is 11.8. The van der Waals surface area contributed by atoms with Crippen molar-refractivity contribution < 1.29 is 9.90 Å². The van der Waals surface area contributed by atoms with E-state index in [1.807, 2.05) is 0 Å². The minimum absolute atomic E-state index is 0.0531. The molecule has 184 valence electrons. The lowest BCUT2D eigenvalue weighted by Crippen LogP contribution is -2.32. The number of carbonyl (C=O) groups excluding carboxylic acids is 1. The molecule has 0 bridgehead atoms. The van der Waals surface area contributed by atoms with E-state index in [1.54, 1.807) is 0 Å². The number of nitrogens with two attached hydrogens (primary N) is 1. The van der Waals surface area contributed by atoms with E-state index in [9.17, 15) is 9.90 Å². The Morgan fingerprint density at radius 3 is 1.58 bits per heavy atom. The van der Waals surface area contributed by atoms with Crippen molar-refractivity contribution in [2.45, 2.75) is 142 Å². The molecule has 3 nitrogen and oxygen atoms in total. The number of aliphatic hydroxyl groups excluding tert-OH is 1. The van der Waals surface area contributed by atoms with Gasteiger partial charge in [0.25, 0.3) is 0 Å². The Bertz CT molecular complexity index is 408. The molecule has 0 spiro atoms. The Balaban J connectivity index is 3.52. The van der Waals surface area contributed by atoms with Crippen molar-refractivity contribution in [3.05, 3.63) is 12.2 Å². The van der Waals surface area contributed by atoms with E-state index in [2.05, 4.69) is 26.0 Å². The minimum Gasteiger partial charge on any atom is -0.396 e. The number of amides is 1. The molecule has 0 aliphatic rings. The predicted molar refractivity (Wildman–Crippen MR) is 136 cm³/mol. The summed E-state index contributed by atoms with van der Waals surface area (Å²) >= 11 is 0. The molecule has 0 aromatic rings. The van der Waals surface area contributed by atoms with Gasteiger partial charge >= 0.3 is 0 Å². The second-order valence-electron chi connectivity index (χ2n) is 9.53. The first-order chi connectivity index (χ1) is 15.2. The van der Waals surface area contributed by atoms with Crippen LogP contribution in [0.4, 0.5) is 0 Å². The topological polar surface area (TPSA) is 63.3 Å². The molecule has 3 N–H and O–H groups in total. The largest absolute Gasteiger partial charge is 0.396 e. The number of rotatable bonds is 24. The van der Waals surface area contributed by atoms with Gasteiger partial charge in [0.2, 0.25) is 5.91 Å². The van der Waals surface area contributed by atoms with Crippen molar-refractivity contribution >= 4 is 5.91 Å². The van der Waals surface area contributed by atoms with Crippen LogP contribution in [-0.2, 0) is 4.79 Å². The summed E-state index contributed by atoms with van der Waals surface area (Å²) in [6.45, 7) is 4.50. The zero-order valence-electron chi connectivity index (χ0n) is 21.1. The van der Waals surface area contributed by atoms with Gasteiger partial charge in [0.1, 0.15) is 0 Å².